The van der Waals surface area contributed by atoms with Crippen molar-refractivity contribution in [3.63, 3.8) is 0 Å². The van der Waals surface area contributed by atoms with Gasteiger partial charge < -0.3 is 0 Å². The molecule has 0 saturated carbocycles. The normalized spacial score (nSPS) is 10.7. The first-order valence-corrected chi connectivity index (χ1v) is 7.23. The van der Waals surface area contributed by atoms with Crippen LogP contribution >= 0.6 is 57.7 Å². The first-order valence-electron chi connectivity index (χ1n) is 4.90. The van der Waals surface area contributed by atoms with Crippen molar-refractivity contribution < 1.29 is 4.79 Å². The van der Waals surface area contributed by atoms with Gasteiger partial charge in [-0.05, 0) is 17.7 Å². The molecular formula is C12H6Cl4OS. The van der Waals surface area contributed by atoms with Crippen LogP contribution in [0.1, 0.15) is 15.9 Å². The summed E-state index contributed by atoms with van der Waals surface area (Å²) in [6.07, 6.45) is 0.145. The third kappa shape index (κ3) is 3.01. The molecule has 0 N–H and O–H groups in total. The van der Waals surface area contributed by atoms with Gasteiger partial charge in [0.05, 0.1) is 14.4 Å². The lowest BCUT2D eigenvalue weighted by molar-refractivity contribution is 0.0993. The van der Waals surface area contributed by atoms with Crippen LogP contribution in [0.25, 0.3) is 0 Å². The van der Waals surface area contributed by atoms with Crippen molar-refractivity contribution in [3.05, 3.63) is 54.1 Å². The van der Waals surface area contributed by atoms with Gasteiger partial charge in [-0.25, -0.2) is 0 Å². The SMILES string of the molecule is O=C(Cc1cccc(Cl)c1Cl)c1cc(Cl)sc1Cl. The Morgan fingerprint density at radius 2 is 1.89 bits per heavy atom. The van der Waals surface area contributed by atoms with E-state index in [0.29, 0.717) is 29.8 Å². The minimum atomic E-state index is -0.132. The minimum absolute atomic E-state index is 0.132. The van der Waals surface area contributed by atoms with Gasteiger partial charge in [0.15, 0.2) is 5.78 Å². The van der Waals surface area contributed by atoms with Crippen LogP contribution < -0.4 is 0 Å². The predicted molar refractivity (Wildman–Crippen MR) is 78.8 cm³/mol. The van der Waals surface area contributed by atoms with Crippen LogP contribution in [0.3, 0.4) is 0 Å². The molecule has 1 aromatic heterocycles. The van der Waals surface area contributed by atoms with Crippen LogP contribution in [0.15, 0.2) is 24.3 Å². The second-order valence-electron chi connectivity index (χ2n) is 3.55. The molecule has 0 aliphatic rings. The highest BCUT2D eigenvalue weighted by Crippen LogP contribution is 2.33. The maximum absolute atomic E-state index is 12.1. The van der Waals surface area contributed by atoms with Gasteiger partial charge in [0.25, 0.3) is 0 Å². The van der Waals surface area contributed by atoms with E-state index in [0.717, 1.165) is 0 Å². The largest absolute Gasteiger partial charge is 0.294 e. The first-order chi connectivity index (χ1) is 8.49. The molecule has 0 aliphatic carbocycles. The fourth-order valence-electron chi connectivity index (χ4n) is 1.48. The van der Waals surface area contributed by atoms with Crippen molar-refractivity contribution in [2.45, 2.75) is 6.42 Å². The Hall–Kier alpha value is -0.250. The van der Waals surface area contributed by atoms with Crippen LogP contribution in [0, 0.1) is 0 Å². The topological polar surface area (TPSA) is 17.1 Å². The van der Waals surface area contributed by atoms with E-state index in [1.807, 2.05) is 0 Å². The lowest BCUT2D eigenvalue weighted by atomic mass is 10.1. The van der Waals surface area contributed by atoms with Gasteiger partial charge in [0.1, 0.15) is 4.34 Å². The van der Waals surface area contributed by atoms with Gasteiger partial charge in [-0.1, -0.05) is 58.5 Å². The molecule has 0 fully saturated rings. The van der Waals surface area contributed by atoms with E-state index in [9.17, 15) is 4.79 Å². The molecule has 0 radical (unpaired) electrons. The summed E-state index contributed by atoms with van der Waals surface area (Å²) in [5.74, 6) is -0.132. The number of hydrogen-bond donors (Lipinski definition) is 0. The highest BCUT2D eigenvalue weighted by molar-refractivity contribution is 7.20. The van der Waals surface area contributed by atoms with Crippen LogP contribution in [-0.2, 0) is 6.42 Å². The third-order valence-electron chi connectivity index (χ3n) is 2.34. The zero-order valence-corrected chi connectivity index (χ0v) is 12.7. The van der Waals surface area contributed by atoms with Crippen molar-refractivity contribution in [3.8, 4) is 0 Å². The van der Waals surface area contributed by atoms with E-state index in [4.69, 9.17) is 46.4 Å². The average molecular weight is 340 g/mol. The van der Waals surface area contributed by atoms with Crippen molar-refractivity contribution in [2.24, 2.45) is 0 Å². The van der Waals surface area contributed by atoms with Gasteiger partial charge in [-0.2, -0.15) is 0 Å². The second kappa shape index (κ2) is 5.81. The number of halogens is 4. The van der Waals surface area contributed by atoms with Gasteiger partial charge in [0, 0.05) is 12.0 Å². The summed E-state index contributed by atoms with van der Waals surface area (Å²) < 4.78 is 0.878. The summed E-state index contributed by atoms with van der Waals surface area (Å²) in [5.41, 5.74) is 1.09. The predicted octanol–water partition coefficient (Wildman–Crippen LogP) is 5.79. The Balaban J connectivity index is 2.27. The molecular weight excluding hydrogens is 334 g/mol. The Morgan fingerprint density at radius 1 is 1.17 bits per heavy atom. The Morgan fingerprint density at radius 3 is 2.50 bits per heavy atom. The summed E-state index contributed by atoms with van der Waals surface area (Å²) >= 11 is 24.8. The summed E-state index contributed by atoms with van der Waals surface area (Å²) in [4.78, 5) is 12.1. The van der Waals surface area contributed by atoms with Crippen molar-refractivity contribution in [1.82, 2.24) is 0 Å². The number of thiophene rings is 1. The number of ketones is 1. The highest BCUT2D eigenvalue weighted by atomic mass is 35.5. The maximum Gasteiger partial charge on any atom is 0.169 e. The Kier molecular flexibility index (Phi) is 4.57. The molecule has 0 unspecified atom stereocenters. The van der Waals surface area contributed by atoms with Gasteiger partial charge >= 0.3 is 0 Å². The van der Waals surface area contributed by atoms with Crippen molar-refractivity contribution in [1.29, 1.82) is 0 Å². The lowest BCUT2D eigenvalue weighted by Crippen LogP contribution is -2.03. The molecule has 0 aliphatic heterocycles. The summed E-state index contributed by atoms with van der Waals surface area (Å²) in [6, 6.07) is 6.74. The van der Waals surface area contributed by atoms with Crippen LogP contribution in [0.4, 0.5) is 0 Å². The fraction of sp³-hybridized carbons (Fsp3) is 0.0833. The Bertz CT molecular complexity index is 606. The smallest absolute Gasteiger partial charge is 0.169 e. The molecule has 1 heterocycles. The maximum atomic E-state index is 12.1. The van der Waals surface area contributed by atoms with Crippen LogP contribution in [-0.4, -0.2) is 5.78 Å². The molecule has 0 bridgehead atoms. The van der Waals surface area contributed by atoms with Gasteiger partial charge in [-0.3, -0.25) is 4.79 Å². The van der Waals surface area contributed by atoms with Crippen molar-refractivity contribution >= 4 is 63.5 Å². The van der Waals surface area contributed by atoms with Crippen LogP contribution in [0.2, 0.25) is 18.7 Å². The molecule has 18 heavy (non-hydrogen) atoms. The molecule has 94 valence electrons. The Labute approximate surface area is 128 Å². The van der Waals surface area contributed by atoms with E-state index >= 15 is 0 Å². The van der Waals surface area contributed by atoms with Crippen LogP contribution in [0.5, 0.6) is 0 Å². The quantitative estimate of drug-likeness (QED) is 0.647. The summed E-state index contributed by atoms with van der Waals surface area (Å²) in [5, 5.41) is 0.821. The highest BCUT2D eigenvalue weighted by Gasteiger charge is 2.16. The summed E-state index contributed by atoms with van der Waals surface area (Å²) in [7, 11) is 0. The fourth-order valence-corrected chi connectivity index (χ4v) is 3.37. The molecule has 2 aromatic rings. The van der Waals surface area contributed by atoms with E-state index in [-0.39, 0.29) is 12.2 Å². The average Bonchev–Trinajstić information content (AvgIpc) is 2.64. The molecule has 6 heteroatoms. The molecule has 0 spiro atoms. The number of benzene rings is 1. The molecule has 0 saturated heterocycles. The molecule has 1 nitrogen and oxygen atoms in total. The number of Topliss-reactive ketones (excluding diaryl/α,β-unsaturated/α-hetero) is 1. The molecule has 0 amide bonds. The molecule has 0 atom stereocenters. The first kappa shape index (κ1) is 14.2. The summed E-state index contributed by atoms with van der Waals surface area (Å²) in [6.45, 7) is 0. The third-order valence-corrected chi connectivity index (χ3v) is 4.69. The standard InChI is InChI=1S/C12H6Cl4OS/c13-8-3-1-2-6(11(8)15)4-9(17)7-5-10(14)18-12(7)16/h1-3,5H,4H2. The number of carbonyl (C=O) groups is 1. The second-order valence-corrected chi connectivity index (χ2v) is 6.62. The number of hydrogen-bond acceptors (Lipinski definition) is 2. The molecule has 2 rings (SSSR count). The van der Waals surface area contributed by atoms with E-state index in [1.165, 1.54) is 11.3 Å². The van der Waals surface area contributed by atoms with E-state index in [2.05, 4.69) is 0 Å². The zero-order valence-electron chi connectivity index (χ0n) is 8.84. The van der Waals surface area contributed by atoms with E-state index in [1.54, 1.807) is 24.3 Å². The van der Waals surface area contributed by atoms with E-state index < -0.39 is 0 Å². The van der Waals surface area contributed by atoms with Gasteiger partial charge in [0.2, 0.25) is 0 Å². The molecule has 1 aromatic carbocycles. The minimum Gasteiger partial charge on any atom is -0.294 e. The monoisotopic (exact) mass is 338 g/mol. The number of rotatable bonds is 3. The lowest BCUT2D eigenvalue weighted by Gasteiger charge is -2.04. The van der Waals surface area contributed by atoms with Crippen molar-refractivity contribution in [2.75, 3.05) is 0 Å². The number of carbonyl (C=O) groups excluding carboxylic acids is 1. The zero-order chi connectivity index (χ0) is 13.3. The van der Waals surface area contributed by atoms with Gasteiger partial charge in [-0.15, -0.1) is 11.3 Å².